The molecule has 0 bridgehead atoms. The molecule has 0 spiro atoms. The molecular formula is C14H24N4O2. The first-order chi connectivity index (χ1) is 9.74. The first kappa shape index (κ1) is 15.0. The van der Waals surface area contributed by atoms with E-state index in [1.54, 1.807) is 13.3 Å². The summed E-state index contributed by atoms with van der Waals surface area (Å²) < 4.78 is 7.16. The molecule has 1 aliphatic heterocycles. The minimum Gasteiger partial charge on any atom is -0.383 e. The summed E-state index contributed by atoms with van der Waals surface area (Å²) in [5.41, 5.74) is 0. The lowest BCUT2D eigenvalue weighted by atomic mass is 10.2. The normalized spacial score (nSPS) is 19.0. The first-order valence-corrected chi connectivity index (χ1v) is 7.24. The molecular weight excluding hydrogens is 256 g/mol. The second kappa shape index (κ2) is 7.40. The van der Waals surface area contributed by atoms with Gasteiger partial charge < -0.3 is 19.5 Å². The number of hydrogen-bond acceptors (Lipinski definition) is 4. The van der Waals surface area contributed by atoms with Crippen LogP contribution in [0, 0.1) is 0 Å². The molecule has 1 aliphatic rings. The number of imidazole rings is 1. The van der Waals surface area contributed by atoms with Crippen LogP contribution in [-0.4, -0.2) is 53.2 Å². The number of aromatic nitrogens is 2. The Labute approximate surface area is 120 Å². The standard InChI is InChI=1S/C14H24N4O2/c1-3-5-18-11-12(9-14(18)19)16-10-13-15-4-6-17(13)7-8-20-2/h4,6,12,16H,3,5,7-11H2,1-2H3. The third-order valence-electron chi connectivity index (χ3n) is 3.59. The second-order valence-corrected chi connectivity index (χ2v) is 5.15. The molecule has 1 amide bonds. The number of hydrogen-bond donors (Lipinski definition) is 1. The van der Waals surface area contributed by atoms with Gasteiger partial charge in [0.15, 0.2) is 0 Å². The predicted molar refractivity (Wildman–Crippen MR) is 76.2 cm³/mol. The first-order valence-electron chi connectivity index (χ1n) is 7.24. The van der Waals surface area contributed by atoms with E-state index in [4.69, 9.17) is 4.74 Å². The van der Waals surface area contributed by atoms with Gasteiger partial charge in [-0.2, -0.15) is 0 Å². The van der Waals surface area contributed by atoms with Gasteiger partial charge in [-0.1, -0.05) is 6.92 Å². The largest absolute Gasteiger partial charge is 0.383 e. The summed E-state index contributed by atoms with van der Waals surface area (Å²) in [6.45, 7) is 5.94. The summed E-state index contributed by atoms with van der Waals surface area (Å²) in [5, 5.41) is 3.43. The zero-order chi connectivity index (χ0) is 14.4. The molecule has 2 rings (SSSR count). The van der Waals surface area contributed by atoms with Gasteiger partial charge in [-0.05, 0) is 6.42 Å². The van der Waals surface area contributed by atoms with Gasteiger partial charge in [0.2, 0.25) is 5.91 Å². The Morgan fingerprint density at radius 2 is 2.35 bits per heavy atom. The van der Waals surface area contributed by atoms with Crippen molar-refractivity contribution >= 4 is 5.91 Å². The predicted octanol–water partition coefficient (Wildman–Crippen LogP) is 0.630. The molecule has 112 valence electrons. The molecule has 1 aromatic rings. The Morgan fingerprint density at radius 1 is 1.50 bits per heavy atom. The lowest BCUT2D eigenvalue weighted by Gasteiger charge is -2.16. The van der Waals surface area contributed by atoms with Crippen molar-refractivity contribution < 1.29 is 9.53 Å². The minimum atomic E-state index is 0.238. The maximum Gasteiger partial charge on any atom is 0.224 e. The summed E-state index contributed by atoms with van der Waals surface area (Å²) in [4.78, 5) is 18.1. The number of amides is 1. The maximum absolute atomic E-state index is 11.8. The van der Waals surface area contributed by atoms with E-state index in [0.717, 1.165) is 31.9 Å². The van der Waals surface area contributed by atoms with Crippen molar-refractivity contribution in [2.45, 2.75) is 38.9 Å². The third kappa shape index (κ3) is 3.80. The fourth-order valence-electron chi connectivity index (χ4n) is 2.53. The number of nitrogens with zero attached hydrogens (tertiary/aromatic N) is 3. The van der Waals surface area contributed by atoms with Crippen LogP contribution < -0.4 is 5.32 Å². The number of nitrogens with one attached hydrogen (secondary N) is 1. The number of carbonyl (C=O) groups excluding carboxylic acids is 1. The maximum atomic E-state index is 11.8. The molecule has 1 saturated heterocycles. The van der Waals surface area contributed by atoms with E-state index in [9.17, 15) is 4.79 Å². The fraction of sp³-hybridized carbons (Fsp3) is 0.714. The molecule has 0 radical (unpaired) electrons. The van der Waals surface area contributed by atoms with Crippen molar-refractivity contribution in [1.82, 2.24) is 19.8 Å². The van der Waals surface area contributed by atoms with Crippen molar-refractivity contribution in [3.63, 3.8) is 0 Å². The van der Waals surface area contributed by atoms with Crippen LogP contribution in [-0.2, 0) is 22.6 Å². The van der Waals surface area contributed by atoms with Crippen molar-refractivity contribution in [1.29, 1.82) is 0 Å². The number of carbonyl (C=O) groups is 1. The highest BCUT2D eigenvalue weighted by molar-refractivity contribution is 5.79. The van der Waals surface area contributed by atoms with Crippen LogP contribution in [0.15, 0.2) is 12.4 Å². The topological polar surface area (TPSA) is 59.4 Å². The Balaban J connectivity index is 1.81. The van der Waals surface area contributed by atoms with Gasteiger partial charge in [0, 0.05) is 51.6 Å². The van der Waals surface area contributed by atoms with Crippen molar-refractivity contribution in [2.24, 2.45) is 0 Å². The Kier molecular flexibility index (Phi) is 5.55. The van der Waals surface area contributed by atoms with E-state index in [1.165, 1.54) is 0 Å². The monoisotopic (exact) mass is 280 g/mol. The Morgan fingerprint density at radius 3 is 3.10 bits per heavy atom. The van der Waals surface area contributed by atoms with Gasteiger partial charge in [-0.3, -0.25) is 4.79 Å². The average molecular weight is 280 g/mol. The van der Waals surface area contributed by atoms with Gasteiger partial charge in [-0.25, -0.2) is 4.98 Å². The molecule has 0 aromatic carbocycles. The van der Waals surface area contributed by atoms with Crippen LogP contribution in [0.1, 0.15) is 25.6 Å². The average Bonchev–Trinajstić information content (AvgIpc) is 3.02. The zero-order valence-corrected chi connectivity index (χ0v) is 12.3. The molecule has 1 atom stereocenters. The van der Waals surface area contributed by atoms with Crippen LogP contribution in [0.5, 0.6) is 0 Å². The van der Waals surface area contributed by atoms with E-state index in [1.807, 2.05) is 11.1 Å². The van der Waals surface area contributed by atoms with Crippen LogP contribution in [0.3, 0.4) is 0 Å². The van der Waals surface area contributed by atoms with E-state index >= 15 is 0 Å². The van der Waals surface area contributed by atoms with Crippen LogP contribution >= 0.6 is 0 Å². The molecule has 1 unspecified atom stereocenters. The third-order valence-corrected chi connectivity index (χ3v) is 3.59. The molecule has 1 N–H and O–H groups in total. The van der Waals surface area contributed by atoms with Crippen LogP contribution in [0.2, 0.25) is 0 Å². The molecule has 1 fully saturated rings. The lowest BCUT2D eigenvalue weighted by Crippen LogP contribution is -2.33. The minimum absolute atomic E-state index is 0.238. The van der Waals surface area contributed by atoms with Crippen LogP contribution in [0.25, 0.3) is 0 Å². The van der Waals surface area contributed by atoms with Crippen LogP contribution in [0.4, 0.5) is 0 Å². The van der Waals surface area contributed by atoms with Gasteiger partial charge in [-0.15, -0.1) is 0 Å². The highest BCUT2D eigenvalue weighted by Gasteiger charge is 2.28. The molecule has 20 heavy (non-hydrogen) atoms. The Hall–Kier alpha value is -1.40. The summed E-state index contributed by atoms with van der Waals surface area (Å²) in [6, 6.07) is 0.238. The molecule has 0 saturated carbocycles. The summed E-state index contributed by atoms with van der Waals surface area (Å²) in [5.74, 6) is 1.25. The Bertz CT molecular complexity index is 433. The number of ether oxygens (including phenoxy) is 1. The number of rotatable bonds is 8. The molecule has 6 heteroatoms. The van der Waals surface area contributed by atoms with E-state index in [-0.39, 0.29) is 11.9 Å². The highest BCUT2D eigenvalue weighted by atomic mass is 16.5. The van der Waals surface area contributed by atoms with E-state index in [2.05, 4.69) is 21.8 Å². The number of methoxy groups -OCH3 is 1. The number of likely N-dealkylation sites (tertiary alicyclic amines) is 1. The van der Waals surface area contributed by atoms with Gasteiger partial charge in [0.25, 0.3) is 0 Å². The summed E-state index contributed by atoms with van der Waals surface area (Å²) in [7, 11) is 1.70. The van der Waals surface area contributed by atoms with Gasteiger partial charge in [0.05, 0.1) is 13.2 Å². The van der Waals surface area contributed by atoms with Gasteiger partial charge >= 0.3 is 0 Å². The summed E-state index contributed by atoms with van der Waals surface area (Å²) in [6.07, 6.45) is 5.37. The van der Waals surface area contributed by atoms with Crippen molar-refractivity contribution in [3.8, 4) is 0 Å². The highest BCUT2D eigenvalue weighted by Crippen LogP contribution is 2.12. The molecule has 6 nitrogen and oxygen atoms in total. The fourth-order valence-corrected chi connectivity index (χ4v) is 2.53. The van der Waals surface area contributed by atoms with Crippen molar-refractivity contribution in [3.05, 3.63) is 18.2 Å². The smallest absolute Gasteiger partial charge is 0.224 e. The molecule has 2 heterocycles. The second-order valence-electron chi connectivity index (χ2n) is 5.15. The lowest BCUT2D eigenvalue weighted by molar-refractivity contribution is -0.127. The molecule has 0 aliphatic carbocycles. The summed E-state index contributed by atoms with van der Waals surface area (Å²) >= 11 is 0. The molecule has 1 aromatic heterocycles. The zero-order valence-electron chi connectivity index (χ0n) is 12.3. The SMILES string of the molecule is CCCN1CC(NCc2nccn2CCOC)CC1=O. The van der Waals surface area contributed by atoms with Crippen molar-refractivity contribution in [2.75, 3.05) is 26.8 Å². The quantitative estimate of drug-likeness (QED) is 0.759. The van der Waals surface area contributed by atoms with Gasteiger partial charge in [0.1, 0.15) is 5.82 Å². The van der Waals surface area contributed by atoms with E-state index < -0.39 is 0 Å². The van der Waals surface area contributed by atoms with E-state index in [0.29, 0.717) is 19.6 Å².